The maximum atomic E-state index is 5.27. The third-order valence-electron chi connectivity index (χ3n) is 3.83. The number of rotatable bonds is 4. The fourth-order valence-electron chi connectivity index (χ4n) is 2.52. The molecule has 1 aromatic carbocycles. The Hall–Kier alpha value is -1.22. The predicted octanol–water partition coefficient (Wildman–Crippen LogP) is 2.76. The van der Waals surface area contributed by atoms with Gasteiger partial charge in [-0.2, -0.15) is 0 Å². The Balaban J connectivity index is 1.84. The van der Waals surface area contributed by atoms with Gasteiger partial charge in [0.25, 0.3) is 0 Å². The van der Waals surface area contributed by atoms with Crippen LogP contribution in [0.25, 0.3) is 0 Å². The summed E-state index contributed by atoms with van der Waals surface area (Å²) in [5.74, 6) is 1.77. The van der Waals surface area contributed by atoms with Gasteiger partial charge in [0.15, 0.2) is 0 Å². The number of ether oxygens (including phenoxy) is 1. The molecular formula is C15H24N2O. The van der Waals surface area contributed by atoms with Crippen LogP contribution in [0.2, 0.25) is 0 Å². The van der Waals surface area contributed by atoms with Crippen molar-refractivity contribution in [3.63, 3.8) is 0 Å². The van der Waals surface area contributed by atoms with Gasteiger partial charge >= 0.3 is 0 Å². The molecule has 3 heteroatoms. The lowest BCUT2D eigenvalue weighted by Gasteiger charge is -2.29. The minimum Gasteiger partial charge on any atom is -0.496 e. The van der Waals surface area contributed by atoms with Crippen LogP contribution >= 0.6 is 0 Å². The number of methoxy groups -OCH3 is 1. The highest BCUT2D eigenvalue weighted by Gasteiger charge is 2.16. The van der Waals surface area contributed by atoms with Crippen LogP contribution in [0.15, 0.2) is 18.2 Å². The van der Waals surface area contributed by atoms with E-state index in [2.05, 4.69) is 36.3 Å². The zero-order chi connectivity index (χ0) is 13.0. The molecule has 1 aliphatic rings. The van der Waals surface area contributed by atoms with Crippen LogP contribution in [-0.4, -0.2) is 38.7 Å². The van der Waals surface area contributed by atoms with Gasteiger partial charge in [-0.15, -0.1) is 0 Å². The molecule has 0 amide bonds. The predicted molar refractivity (Wildman–Crippen MR) is 76.4 cm³/mol. The molecule has 3 nitrogen and oxygen atoms in total. The average molecular weight is 248 g/mol. The Morgan fingerprint density at radius 2 is 2.06 bits per heavy atom. The zero-order valence-electron chi connectivity index (χ0n) is 11.7. The summed E-state index contributed by atoms with van der Waals surface area (Å²) in [6, 6.07) is 6.29. The van der Waals surface area contributed by atoms with Gasteiger partial charge in [-0.25, -0.2) is 0 Å². The summed E-state index contributed by atoms with van der Waals surface area (Å²) in [6.07, 6.45) is 2.61. The molecule has 0 aromatic heterocycles. The van der Waals surface area contributed by atoms with Crippen LogP contribution in [0, 0.1) is 12.8 Å². The fraction of sp³-hybridized carbons (Fsp3) is 0.600. The molecule has 0 aliphatic carbocycles. The van der Waals surface area contributed by atoms with Crippen LogP contribution in [-0.2, 0) is 0 Å². The molecule has 1 saturated heterocycles. The monoisotopic (exact) mass is 248 g/mol. The molecule has 18 heavy (non-hydrogen) atoms. The number of nitrogens with zero attached hydrogens (tertiary/aromatic N) is 1. The van der Waals surface area contributed by atoms with Gasteiger partial charge in [0.05, 0.1) is 7.11 Å². The summed E-state index contributed by atoms with van der Waals surface area (Å²) in [5, 5.41) is 3.55. The largest absolute Gasteiger partial charge is 0.496 e. The van der Waals surface area contributed by atoms with Gasteiger partial charge in [0.1, 0.15) is 5.75 Å². The van der Waals surface area contributed by atoms with E-state index in [0.29, 0.717) is 0 Å². The van der Waals surface area contributed by atoms with E-state index in [0.717, 1.165) is 18.2 Å². The smallest absolute Gasteiger partial charge is 0.121 e. The SMILES string of the molecule is COc1ccc(NCC2CCN(C)CC2)cc1C. The minimum absolute atomic E-state index is 0.809. The molecule has 0 bridgehead atoms. The van der Waals surface area contributed by atoms with Crippen molar-refractivity contribution in [3.8, 4) is 5.75 Å². The van der Waals surface area contributed by atoms with Gasteiger partial charge in [-0.3, -0.25) is 0 Å². The summed E-state index contributed by atoms with van der Waals surface area (Å²) in [6.45, 7) is 5.63. The van der Waals surface area contributed by atoms with Gasteiger partial charge < -0.3 is 15.0 Å². The highest BCUT2D eigenvalue weighted by molar-refractivity contribution is 5.50. The van der Waals surface area contributed by atoms with Crippen molar-refractivity contribution in [1.82, 2.24) is 4.90 Å². The molecule has 2 rings (SSSR count). The Morgan fingerprint density at radius 3 is 2.67 bits per heavy atom. The molecule has 1 heterocycles. The maximum absolute atomic E-state index is 5.27. The average Bonchev–Trinajstić information content (AvgIpc) is 2.38. The van der Waals surface area contributed by atoms with E-state index < -0.39 is 0 Å². The van der Waals surface area contributed by atoms with E-state index in [1.165, 1.54) is 37.2 Å². The van der Waals surface area contributed by atoms with E-state index in [9.17, 15) is 0 Å². The van der Waals surface area contributed by atoms with Crippen molar-refractivity contribution in [3.05, 3.63) is 23.8 Å². The Labute approximate surface area is 110 Å². The van der Waals surface area contributed by atoms with Crippen molar-refractivity contribution in [2.45, 2.75) is 19.8 Å². The number of hydrogen-bond donors (Lipinski definition) is 1. The zero-order valence-corrected chi connectivity index (χ0v) is 11.7. The lowest BCUT2D eigenvalue weighted by molar-refractivity contribution is 0.226. The quantitative estimate of drug-likeness (QED) is 0.886. The first-order valence-electron chi connectivity index (χ1n) is 6.76. The van der Waals surface area contributed by atoms with E-state index in [4.69, 9.17) is 4.74 Å². The van der Waals surface area contributed by atoms with Crippen LogP contribution in [0.5, 0.6) is 5.75 Å². The molecule has 0 unspecified atom stereocenters. The lowest BCUT2D eigenvalue weighted by atomic mass is 9.97. The van der Waals surface area contributed by atoms with Gasteiger partial charge in [-0.05, 0) is 69.6 Å². The van der Waals surface area contributed by atoms with E-state index in [1.54, 1.807) is 7.11 Å². The first-order valence-corrected chi connectivity index (χ1v) is 6.76. The second-order valence-corrected chi connectivity index (χ2v) is 5.31. The molecule has 0 spiro atoms. The second-order valence-electron chi connectivity index (χ2n) is 5.31. The molecule has 1 fully saturated rings. The first-order chi connectivity index (χ1) is 8.69. The number of benzene rings is 1. The highest BCUT2D eigenvalue weighted by Crippen LogP contribution is 2.22. The van der Waals surface area contributed by atoms with Crippen LogP contribution < -0.4 is 10.1 Å². The number of piperidine rings is 1. The van der Waals surface area contributed by atoms with Crippen molar-refractivity contribution in [2.24, 2.45) is 5.92 Å². The van der Waals surface area contributed by atoms with Gasteiger partial charge in [0, 0.05) is 12.2 Å². The molecule has 1 N–H and O–H groups in total. The van der Waals surface area contributed by atoms with Crippen LogP contribution in [0.3, 0.4) is 0 Å². The Kier molecular flexibility index (Phi) is 4.48. The first kappa shape index (κ1) is 13.2. The van der Waals surface area contributed by atoms with E-state index in [-0.39, 0.29) is 0 Å². The maximum Gasteiger partial charge on any atom is 0.121 e. The Bertz CT molecular complexity index is 384. The molecule has 1 aromatic rings. The third kappa shape index (κ3) is 3.39. The van der Waals surface area contributed by atoms with E-state index in [1.807, 2.05) is 6.07 Å². The molecule has 0 saturated carbocycles. The summed E-state index contributed by atoms with van der Waals surface area (Å²) in [7, 11) is 3.92. The number of hydrogen-bond acceptors (Lipinski definition) is 3. The molecular weight excluding hydrogens is 224 g/mol. The standard InChI is InChI=1S/C15H24N2O/c1-12-10-14(4-5-15(12)18-3)16-11-13-6-8-17(2)9-7-13/h4-5,10,13,16H,6-9,11H2,1-3H3. The molecule has 0 radical (unpaired) electrons. The van der Waals surface area contributed by atoms with Crippen molar-refractivity contribution >= 4 is 5.69 Å². The van der Waals surface area contributed by atoms with Gasteiger partial charge in [-0.1, -0.05) is 0 Å². The topological polar surface area (TPSA) is 24.5 Å². The molecule has 0 atom stereocenters. The number of likely N-dealkylation sites (tertiary alicyclic amines) is 1. The van der Waals surface area contributed by atoms with Crippen LogP contribution in [0.4, 0.5) is 5.69 Å². The third-order valence-corrected chi connectivity index (χ3v) is 3.83. The highest BCUT2D eigenvalue weighted by atomic mass is 16.5. The molecule has 1 aliphatic heterocycles. The summed E-state index contributed by atoms with van der Waals surface area (Å²) in [5.41, 5.74) is 2.39. The van der Waals surface area contributed by atoms with Crippen molar-refractivity contribution in [2.75, 3.05) is 39.1 Å². The van der Waals surface area contributed by atoms with Gasteiger partial charge in [0.2, 0.25) is 0 Å². The minimum atomic E-state index is 0.809. The number of nitrogens with one attached hydrogen (secondary N) is 1. The lowest BCUT2D eigenvalue weighted by Crippen LogP contribution is -2.32. The van der Waals surface area contributed by atoms with E-state index >= 15 is 0 Å². The molecule has 100 valence electrons. The van der Waals surface area contributed by atoms with Crippen molar-refractivity contribution in [1.29, 1.82) is 0 Å². The summed E-state index contributed by atoms with van der Waals surface area (Å²) in [4.78, 5) is 2.41. The summed E-state index contributed by atoms with van der Waals surface area (Å²) < 4.78 is 5.27. The Morgan fingerprint density at radius 1 is 1.33 bits per heavy atom. The number of aryl methyl sites for hydroxylation is 1. The van der Waals surface area contributed by atoms with Crippen molar-refractivity contribution < 1.29 is 4.74 Å². The second kappa shape index (κ2) is 6.10. The summed E-state index contributed by atoms with van der Waals surface area (Å²) >= 11 is 0. The normalized spacial score (nSPS) is 17.7. The van der Waals surface area contributed by atoms with Crippen LogP contribution in [0.1, 0.15) is 18.4 Å². The fourth-order valence-corrected chi connectivity index (χ4v) is 2.52. The number of anilines is 1.